The average Bonchev–Trinajstić information content (AvgIpc) is 2.40. The van der Waals surface area contributed by atoms with Crippen molar-refractivity contribution in [2.75, 3.05) is 30.4 Å². The van der Waals surface area contributed by atoms with Crippen molar-refractivity contribution in [2.45, 2.75) is 33.2 Å². The molecule has 4 nitrogen and oxygen atoms in total. The van der Waals surface area contributed by atoms with E-state index in [1.807, 2.05) is 45.9 Å². The molecule has 18 heavy (non-hydrogen) atoms. The van der Waals surface area contributed by atoms with Crippen LogP contribution in [0.3, 0.4) is 0 Å². The van der Waals surface area contributed by atoms with Crippen molar-refractivity contribution in [1.29, 1.82) is 0 Å². The maximum atomic E-state index is 9.42. The van der Waals surface area contributed by atoms with Gasteiger partial charge in [-0.2, -0.15) is 0 Å². The zero-order valence-corrected chi connectivity index (χ0v) is 11.7. The monoisotopic (exact) mass is 252 g/mol. The van der Waals surface area contributed by atoms with Crippen LogP contribution in [0, 0.1) is 0 Å². The summed E-state index contributed by atoms with van der Waals surface area (Å²) < 4.78 is 5.57. The second-order valence-corrected chi connectivity index (χ2v) is 4.70. The van der Waals surface area contributed by atoms with Gasteiger partial charge in [-0.25, -0.2) is 0 Å². The summed E-state index contributed by atoms with van der Waals surface area (Å²) in [6.07, 6.45) is 0. The summed E-state index contributed by atoms with van der Waals surface area (Å²) in [5, 5.41) is 9.42. The second-order valence-electron chi connectivity index (χ2n) is 4.70. The van der Waals surface area contributed by atoms with Gasteiger partial charge in [0.1, 0.15) is 12.4 Å². The molecule has 1 heterocycles. The number of rotatable bonds is 2. The maximum absolute atomic E-state index is 9.42. The first kappa shape index (κ1) is 14.6. The molecule has 1 aliphatic rings. The van der Waals surface area contributed by atoms with E-state index in [9.17, 15) is 5.11 Å². The van der Waals surface area contributed by atoms with E-state index >= 15 is 0 Å². The van der Waals surface area contributed by atoms with Gasteiger partial charge in [0, 0.05) is 11.8 Å². The summed E-state index contributed by atoms with van der Waals surface area (Å²) in [5.41, 5.74) is 7.13. The molecule has 0 aromatic heterocycles. The van der Waals surface area contributed by atoms with Gasteiger partial charge in [-0.05, 0) is 26.0 Å². The van der Waals surface area contributed by atoms with Gasteiger partial charge in [-0.15, -0.1) is 0 Å². The molecular weight excluding hydrogens is 228 g/mol. The predicted molar refractivity (Wildman–Crippen MR) is 76.2 cm³/mol. The van der Waals surface area contributed by atoms with Gasteiger partial charge in [-0.1, -0.05) is 13.8 Å². The Labute approximate surface area is 109 Å². The number of hydrogen-bond donors (Lipinski definition) is 2. The van der Waals surface area contributed by atoms with Crippen molar-refractivity contribution in [2.24, 2.45) is 0 Å². The molecule has 4 heteroatoms. The van der Waals surface area contributed by atoms with E-state index in [0.29, 0.717) is 12.3 Å². The Morgan fingerprint density at radius 2 is 2.06 bits per heavy atom. The molecule has 0 unspecified atom stereocenters. The Balaban J connectivity index is 0.000000771. The van der Waals surface area contributed by atoms with E-state index in [2.05, 4.69) is 4.90 Å². The van der Waals surface area contributed by atoms with Crippen LogP contribution >= 0.6 is 0 Å². The van der Waals surface area contributed by atoms with Crippen LogP contribution in [0.4, 0.5) is 11.4 Å². The highest BCUT2D eigenvalue weighted by molar-refractivity contribution is 5.66. The van der Waals surface area contributed by atoms with Gasteiger partial charge in [0.2, 0.25) is 0 Å². The standard InChI is InChI=1S/C12H18N2O2.C2H6/c1-12(2,8-15)14-5-6-16-11-7-9(13)3-4-10(11)14;1-2/h3-4,7,15H,5-6,8,13H2,1-2H3;1-2H3. The van der Waals surface area contributed by atoms with Gasteiger partial charge < -0.3 is 20.5 Å². The fourth-order valence-corrected chi connectivity index (χ4v) is 1.95. The minimum Gasteiger partial charge on any atom is -0.489 e. The number of benzene rings is 1. The second kappa shape index (κ2) is 5.96. The van der Waals surface area contributed by atoms with Crippen LogP contribution in [-0.2, 0) is 0 Å². The van der Waals surface area contributed by atoms with E-state index < -0.39 is 0 Å². The lowest BCUT2D eigenvalue weighted by Gasteiger charge is -2.42. The lowest BCUT2D eigenvalue weighted by atomic mass is 10.0. The van der Waals surface area contributed by atoms with Crippen LogP contribution in [0.2, 0.25) is 0 Å². The van der Waals surface area contributed by atoms with Crippen LogP contribution < -0.4 is 15.4 Å². The van der Waals surface area contributed by atoms with E-state index in [-0.39, 0.29) is 12.1 Å². The van der Waals surface area contributed by atoms with E-state index in [1.165, 1.54) is 0 Å². The van der Waals surface area contributed by atoms with Crippen molar-refractivity contribution in [1.82, 2.24) is 0 Å². The van der Waals surface area contributed by atoms with E-state index in [0.717, 1.165) is 18.0 Å². The summed E-state index contributed by atoms with van der Waals surface area (Å²) in [6.45, 7) is 9.54. The van der Waals surface area contributed by atoms with Crippen LogP contribution in [0.1, 0.15) is 27.7 Å². The first-order chi connectivity index (χ1) is 8.54. The van der Waals surface area contributed by atoms with Crippen molar-refractivity contribution in [3.05, 3.63) is 18.2 Å². The van der Waals surface area contributed by atoms with Crippen molar-refractivity contribution in [3.63, 3.8) is 0 Å². The number of fused-ring (bicyclic) bond motifs is 1. The Hall–Kier alpha value is -1.42. The third-order valence-corrected chi connectivity index (χ3v) is 2.96. The summed E-state index contributed by atoms with van der Waals surface area (Å²) in [5.74, 6) is 0.799. The maximum Gasteiger partial charge on any atom is 0.144 e. The summed E-state index contributed by atoms with van der Waals surface area (Å²) in [6, 6.07) is 5.63. The van der Waals surface area contributed by atoms with Crippen LogP contribution in [-0.4, -0.2) is 30.4 Å². The molecule has 102 valence electrons. The quantitative estimate of drug-likeness (QED) is 0.793. The molecule has 0 fully saturated rings. The largest absolute Gasteiger partial charge is 0.489 e. The van der Waals surface area contributed by atoms with Gasteiger partial charge in [0.15, 0.2) is 0 Å². The fraction of sp³-hybridized carbons (Fsp3) is 0.571. The molecule has 0 saturated heterocycles. The predicted octanol–water partition coefficient (Wildman–Crippen LogP) is 2.26. The average molecular weight is 252 g/mol. The van der Waals surface area contributed by atoms with Crippen molar-refractivity contribution >= 4 is 11.4 Å². The number of nitrogens with two attached hydrogens (primary N) is 1. The third kappa shape index (κ3) is 2.88. The minimum absolute atomic E-state index is 0.108. The molecule has 1 aromatic rings. The van der Waals surface area contributed by atoms with Crippen LogP contribution in [0.25, 0.3) is 0 Å². The highest BCUT2D eigenvalue weighted by atomic mass is 16.5. The molecule has 0 spiro atoms. The zero-order valence-electron chi connectivity index (χ0n) is 11.7. The fourth-order valence-electron chi connectivity index (χ4n) is 1.95. The van der Waals surface area contributed by atoms with Gasteiger partial charge >= 0.3 is 0 Å². The molecule has 1 aliphatic heterocycles. The van der Waals surface area contributed by atoms with Crippen LogP contribution in [0.15, 0.2) is 18.2 Å². The number of hydrogen-bond acceptors (Lipinski definition) is 4. The van der Waals surface area contributed by atoms with Crippen LogP contribution in [0.5, 0.6) is 5.75 Å². The molecule has 1 aromatic carbocycles. The molecule has 0 amide bonds. The topological polar surface area (TPSA) is 58.7 Å². The van der Waals surface area contributed by atoms with Gasteiger partial charge in [-0.3, -0.25) is 0 Å². The Morgan fingerprint density at radius 1 is 1.39 bits per heavy atom. The number of aliphatic hydroxyl groups is 1. The highest BCUT2D eigenvalue weighted by Crippen LogP contribution is 2.36. The van der Waals surface area contributed by atoms with E-state index in [1.54, 1.807) is 0 Å². The molecule has 0 atom stereocenters. The number of ether oxygens (including phenoxy) is 1. The van der Waals surface area contributed by atoms with E-state index in [4.69, 9.17) is 10.5 Å². The zero-order chi connectivity index (χ0) is 13.8. The first-order valence-electron chi connectivity index (χ1n) is 6.45. The number of nitrogen functional groups attached to an aromatic ring is 1. The van der Waals surface area contributed by atoms with Crippen molar-refractivity contribution in [3.8, 4) is 5.75 Å². The normalized spacial score (nSPS) is 14.2. The lowest BCUT2D eigenvalue weighted by molar-refractivity contribution is 0.197. The van der Waals surface area contributed by atoms with Crippen molar-refractivity contribution < 1.29 is 9.84 Å². The summed E-state index contributed by atoms with van der Waals surface area (Å²) in [4.78, 5) is 2.16. The number of nitrogens with zero attached hydrogens (tertiary/aromatic N) is 1. The molecule has 0 radical (unpaired) electrons. The summed E-state index contributed by atoms with van der Waals surface area (Å²) in [7, 11) is 0. The molecule has 3 N–H and O–H groups in total. The number of anilines is 2. The number of aliphatic hydroxyl groups excluding tert-OH is 1. The molecule has 0 aliphatic carbocycles. The Morgan fingerprint density at radius 3 is 2.67 bits per heavy atom. The SMILES string of the molecule is CC.CC(C)(CO)N1CCOc2cc(N)ccc21. The van der Waals surface area contributed by atoms with Gasteiger partial charge in [0.05, 0.1) is 24.4 Å². The van der Waals surface area contributed by atoms with Gasteiger partial charge in [0.25, 0.3) is 0 Å². The molecule has 0 bridgehead atoms. The minimum atomic E-state index is -0.283. The first-order valence-corrected chi connectivity index (χ1v) is 6.45. The highest BCUT2D eigenvalue weighted by Gasteiger charge is 2.30. The Bertz CT molecular complexity index is 391. The Kier molecular flexibility index (Phi) is 4.84. The summed E-state index contributed by atoms with van der Waals surface area (Å²) >= 11 is 0. The molecule has 2 rings (SSSR count). The lowest BCUT2D eigenvalue weighted by Crippen LogP contribution is -2.50. The molecule has 0 saturated carbocycles. The molecular formula is C14H24N2O2. The smallest absolute Gasteiger partial charge is 0.144 e. The third-order valence-electron chi connectivity index (χ3n) is 2.96.